The molecule has 2 aromatic carbocycles. The highest BCUT2D eigenvalue weighted by Gasteiger charge is 2.38. The van der Waals surface area contributed by atoms with Gasteiger partial charge in [0.15, 0.2) is 5.96 Å². The van der Waals surface area contributed by atoms with Crippen molar-refractivity contribution >= 4 is 124 Å². The zero-order valence-corrected chi connectivity index (χ0v) is 60.5. The minimum atomic E-state index is -2.29. The van der Waals surface area contributed by atoms with Crippen LogP contribution in [0.2, 0.25) is 0 Å². The van der Waals surface area contributed by atoms with Crippen LogP contribution in [-0.2, 0) is 109 Å². The quantitative estimate of drug-likeness (QED) is 0.0166. The number of nitrogens with one attached hydrogen (secondary N) is 15. The third-order valence-corrected chi connectivity index (χ3v) is 15.8. The maximum Gasteiger partial charge on any atom is 0.326 e. The molecule has 0 saturated heterocycles. The van der Waals surface area contributed by atoms with E-state index in [2.05, 4.69) is 63.8 Å². The second-order valence-corrected chi connectivity index (χ2v) is 25.3. The first kappa shape index (κ1) is 94.1. The number of guanidine groups is 1. The fourth-order valence-electron chi connectivity index (χ4n) is 9.95. The number of amides is 15. The standard InChI is InChI=1S/C66H95N19O26/c1-31(2)53(85-48(90)29-73-55(100)35(67)16-19-49(91)92)64(109)83-42(26-46(69)88)61(106)82-43(27-52(97)98)62(107)81-41(25-45(68)87)60(105)78-37(18-21-51(95)96)57(102)77-36(17-20-50(93)94)56(101)74-28-47(89)76-39(23-33-11-6-4-7-12-33)58(103)80-40(24-34-13-8-5-9-14-34)59(104)84-44(30-86)63(108)75-32(3)54(99)79-38(65(110)111)15-10-22-72-66(70)71/h4-9,11-14,31-32,35-44,53,86H,10,15-30,67H2,1-3H3,(H2,68,87)(H2,69,88)(H,73,100)(H,74,101)(H,75,108)(H,76,89)(H,77,102)(H,78,105)(H,79,99)(H,80,103)(H,81,107)(H,82,106)(H,83,109)(H,84,104)(H,85,90)(H,91,92)(H,93,94)(H,95,96)(H,97,98)(H,110,111)(H4,70,71,72)/t32-,35-,36-,37-,38-,39-,40-,41-,42-,43-,44-,53-/m0/s1. The first-order valence-electron chi connectivity index (χ1n) is 34.2. The third-order valence-electron chi connectivity index (χ3n) is 15.8. The number of carboxylic acids is 5. The maximum atomic E-state index is 14.4. The molecule has 0 unspecified atom stereocenters. The number of hydrogen-bond donors (Lipinski definition) is 25. The summed E-state index contributed by atoms with van der Waals surface area (Å²) in [6.45, 7) is 1.19. The minimum absolute atomic E-state index is 0.100. The van der Waals surface area contributed by atoms with Gasteiger partial charge in [-0.2, -0.15) is 0 Å². The van der Waals surface area contributed by atoms with Gasteiger partial charge in [-0.15, -0.1) is 0 Å². The minimum Gasteiger partial charge on any atom is -0.481 e. The number of aliphatic carboxylic acids is 5. The van der Waals surface area contributed by atoms with Crippen molar-refractivity contribution in [1.29, 1.82) is 5.41 Å². The zero-order valence-electron chi connectivity index (χ0n) is 60.5. The third kappa shape index (κ3) is 37.4. The first-order chi connectivity index (χ1) is 52.1. The molecule has 2 aromatic rings. The molecule has 0 fully saturated rings. The van der Waals surface area contributed by atoms with Crippen LogP contribution in [0.15, 0.2) is 60.7 Å². The van der Waals surface area contributed by atoms with Crippen molar-refractivity contribution in [2.24, 2.45) is 28.9 Å². The molecule has 0 aromatic heterocycles. The van der Waals surface area contributed by atoms with Gasteiger partial charge in [-0.05, 0) is 56.1 Å². The van der Waals surface area contributed by atoms with Crippen LogP contribution in [0, 0.1) is 11.3 Å². The summed E-state index contributed by atoms with van der Waals surface area (Å²) in [5, 5.41) is 96.3. The first-order valence-corrected chi connectivity index (χ1v) is 34.2. The molecule has 111 heavy (non-hydrogen) atoms. The Kier molecular flexibility index (Phi) is 41.0. The number of rotatable bonds is 52. The molecular weight excluding hydrogens is 1470 g/mol. The molecule has 610 valence electrons. The van der Waals surface area contributed by atoms with Crippen LogP contribution in [0.3, 0.4) is 0 Å². The van der Waals surface area contributed by atoms with Gasteiger partial charge >= 0.3 is 29.8 Å². The predicted octanol–water partition coefficient (Wildman–Crippen LogP) is -9.80. The second kappa shape index (κ2) is 48.4. The van der Waals surface area contributed by atoms with E-state index in [1.165, 1.54) is 20.8 Å². The van der Waals surface area contributed by atoms with Gasteiger partial charge in [-0.25, -0.2) is 4.79 Å². The number of hydrogen-bond acceptors (Lipinski definition) is 23. The van der Waals surface area contributed by atoms with Gasteiger partial charge in [0, 0.05) is 38.6 Å². The van der Waals surface area contributed by atoms with Crippen molar-refractivity contribution < 1.29 is 127 Å². The molecule has 15 amide bonds. The molecular formula is C66H95N19O26. The highest BCUT2D eigenvalue weighted by molar-refractivity contribution is 6.02. The summed E-state index contributed by atoms with van der Waals surface area (Å²) in [5.74, 6) is -27.3. The van der Waals surface area contributed by atoms with E-state index in [1.807, 2.05) is 10.6 Å². The SMILES string of the molecule is CC(C)[C@H](NC(=O)CNC(=O)[C@@H](N)CCC(=O)O)C(=O)N[C@@H](CC(N)=O)C(=O)N[C@@H](CC(=O)O)C(=O)N[C@@H](CC(N)=O)C(=O)N[C@@H](CCC(=O)O)C(=O)N[C@@H](CCC(=O)O)C(=O)NCC(=O)N[C@@H](Cc1ccccc1)C(=O)N[C@@H](Cc1ccccc1)C(=O)N[C@@H](CO)C(=O)N[C@@H](C)C(=O)N[C@@H](CCCNC(=N)N)C(=O)O. The van der Waals surface area contributed by atoms with Gasteiger partial charge in [-0.3, -0.25) is 96.5 Å². The van der Waals surface area contributed by atoms with Gasteiger partial charge in [0.05, 0.1) is 45.0 Å². The van der Waals surface area contributed by atoms with E-state index in [0.717, 1.165) is 0 Å². The Bertz CT molecular complexity index is 3680. The molecule has 45 nitrogen and oxygen atoms in total. The molecule has 0 aliphatic heterocycles. The molecule has 0 aliphatic carbocycles. The fraction of sp³-hybridized carbons (Fsp3) is 0.500. The van der Waals surface area contributed by atoms with E-state index in [0.29, 0.717) is 11.1 Å². The smallest absolute Gasteiger partial charge is 0.326 e. The number of carbonyl (C=O) groups excluding carboxylic acids is 15. The van der Waals surface area contributed by atoms with Crippen LogP contribution < -0.4 is 97.4 Å². The highest BCUT2D eigenvalue weighted by Crippen LogP contribution is 2.12. The summed E-state index contributed by atoms with van der Waals surface area (Å²) < 4.78 is 0. The van der Waals surface area contributed by atoms with E-state index in [1.54, 1.807) is 60.7 Å². The van der Waals surface area contributed by atoms with Crippen molar-refractivity contribution in [2.75, 3.05) is 26.2 Å². The predicted molar refractivity (Wildman–Crippen MR) is 380 cm³/mol. The highest BCUT2D eigenvalue weighted by atomic mass is 16.4. The van der Waals surface area contributed by atoms with Crippen LogP contribution >= 0.6 is 0 Å². The average Bonchev–Trinajstić information content (AvgIpc) is 0.856. The van der Waals surface area contributed by atoms with E-state index >= 15 is 0 Å². The van der Waals surface area contributed by atoms with Crippen molar-refractivity contribution in [2.45, 2.75) is 177 Å². The molecule has 0 radical (unpaired) electrons. The molecule has 12 atom stereocenters. The number of benzene rings is 2. The van der Waals surface area contributed by atoms with Gasteiger partial charge in [-0.1, -0.05) is 74.5 Å². The normalized spacial score (nSPS) is 14.0. The summed E-state index contributed by atoms with van der Waals surface area (Å²) in [6, 6.07) is -5.61. The Balaban J connectivity index is 2.43. The summed E-state index contributed by atoms with van der Waals surface area (Å²) in [6.07, 6.45) is -8.43. The Morgan fingerprint density at radius 3 is 1.18 bits per heavy atom. The summed E-state index contributed by atoms with van der Waals surface area (Å²) in [4.78, 5) is 261. The van der Waals surface area contributed by atoms with Gasteiger partial charge < -0.3 is 128 Å². The Morgan fingerprint density at radius 1 is 0.378 bits per heavy atom. The fourth-order valence-corrected chi connectivity index (χ4v) is 9.95. The van der Waals surface area contributed by atoms with Crippen molar-refractivity contribution in [3.8, 4) is 0 Å². The second-order valence-electron chi connectivity index (χ2n) is 25.3. The lowest BCUT2D eigenvalue weighted by Gasteiger charge is -2.27. The Hall–Kier alpha value is -13.0. The molecule has 0 spiro atoms. The number of aliphatic hydroxyl groups excluding tert-OH is 1. The Labute approximate surface area is 632 Å². The van der Waals surface area contributed by atoms with Crippen molar-refractivity contribution in [3.05, 3.63) is 71.8 Å². The number of carbonyl (C=O) groups is 20. The van der Waals surface area contributed by atoms with Gasteiger partial charge in [0.2, 0.25) is 88.6 Å². The zero-order chi connectivity index (χ0) is 83.8. The number of carboxylic acid groups (broad SMARTS) is 5. The number of primary amides is 2. The molecule has 45 heteroatoms. The molecule has 0 bridgehead atoms. The largest absolute Gasteiger partial charge is 0.481 e. The van der Waals surface area contributed by atoms with E-state index < -0.39 is 268 Å². The summed E-state index contributed by atoms with van der Waals surface area (Å²) in [7, 11) is 0. The van der Waals surface area contributed by atoms with Crippen LogP contribution in [0.5, 0.6) is 0 Å². The van der Waals surface area contributed by atoms with Crippen molar-refractivity contribution in [1.82, 2.24) is 74.4 Å². The van der Waals surface area contributed by atoms with Crippen molar-refractivity contribution in [3.63, 3.8) is 0 Å². The summed E-state index contributed by atoms with van der Waals surface area (Å²) in [5.41, 5.74) is 22.5. The van der Waals surface area contributed by atoms with E-state index in [-0.39, 0.29) is 44.6 Å². The monoisotopic (exact) mass is 1570 g/mol. The lowest BCUT2D eigenvalue weighted by Crippen LogP contribution is -2.61. The van der Waals surface area contributed by atoms with Gasteiger partial charge in [0.25, 0.3) is 0 Å². The van der Waals surface area contributed by atoms with Crippen LogP contribution in [0.4, 0.5) is 0 Å². The summed E-state index contributed by atoms with van der Waals surface area (Å²) >= 11 is 0. The molecule has 29 N–H and O–H groups in total. The molecule has 0 aliphatic rings. The average molecular weight is 1570 g/mol. The molecule has 2 rings (SSSR count). The Morgan fingerprint density at radius 2 is 0.748 bits per heavy atom. The lowest BCUT2D eigenvalue weighted by molar-refractivity contribution is -0.142. The number of aliphatic hydroxyl groups is 1. The maximum absolute atomic E-state index is 14.4. The molecule has 0 heterocycles. The van der Waals surface area contributed by atoms with E-state index in [4.69, 9.17) is 33.5 Å². The lowest BCUT2D eigenvalue weighted by atomic mass is 10.0. The van der Waals surface area contributed by atoms with Crippen LogP contribution in [-0.4, -0.2) is 254 Å². The molecule has 0 saturated carbocycles. The van der Waals surface area contributed by atoms with Crippen LogP contribution in [0.1, 0.15) is 103 Å². The topological polar surface area (TPSA) is 759 Å². The van der Waals surface area contributed by atoms with E-state index in [9.17, 15) is 121 Å². The van der Waals surface area contributed by atoms with Crippen LogP contribution in [0.25, 0.3) is 0 Å². The van der Waals surface area contributed by atoms with Gasteiger partial charge in [0.1, 0.15) is 66.5 Å². The number of nitrogens with two attached hydrogens (primary N) is 4.